The van der Waals surface area contributed by atoms with Crippen LogP contribution in [0.4, 0.5) is 0 Å². The van der Waals surface area contributed by atoms with Gasteiger partial charge in [-0.2, -0.15) is 0 Å². The number of fused-ring (bicyclic) bond motifs is 1. The largest absolute Gasteiger partial charge is 0.346 e. The van der Waals surface area contributed by atoms with Gasteiger partial charge in [-0.3, -0.25) is 14.7 Å². The zero-order chi connectivity index (χ0) is 18.8. The van der Waals surface area contributed by atoms with Gasteiger partial charge in [0.05, 0.1) is 0 Å². The van der Waals surface area contributed by atoms with Crippen molar-refractivity contribution in [3.05, 3.63) is 35.5 Å². The molecule has 4 rings (SSSR count). The Labute approximate surface area is 168 Å². The van der Waals surface area contributed by atoms with Crippen LogP contribution in [0.5, 0.6) is 0 Å². The summed E-state index contributed by atoms with van der Waals surface area (Å²) in [6, 6.07) is 9.88. The van der Waals surface area contributed by atoms with Crippen LogP contribution in [0.25, 0.3) is 10.9 Å². The Kier molecular flexibility index (Phi) is 6.08. The van der Waals surface area contributed by atoms with Gasteiger partial charge in [0.15, 0.2) is 0 Å². The van der Waals surface area contributed by atoms with Crippen LogP contribution in [0.2, 0.25) is 5.02 Å². The zero-order valence-electron chi connectivity index (χ0n) is 16.8. The van der Waals surface area contributed by atoms with Crippen LogP contribution in [-0.4, -0.2) is 77.2 Å². The van der Waals surface area contributed by atoms with Crippen LogP contribution < -0.4 is 0 Å². The SMILES string of the molecule is C[C@@H]1CC[C@H](C)N1CCN1CCN(CCn2ccc3cc(Cl)ccc32)CC1. The highest BCUT2D eigenvalue weighted by molar-refractivity contribution is 6.31. The second kappa shape index (κ2) is 8.52. The average molecular weight is 389 g/mol. The van der Waals surface area contributed by atoms with E-state index < -0.39 is 0 Å². The van der Waals surface area contributed by atoms with Gasteiger partial charge in [-0.25, -0.2) is 0 Å². The van der Waals surface area contributed by atoms with Gasteiger partial charge in [-0.05, 0) is 51.0 Å². The Balaban J connectivity index is 1.21. The Hall–Kier alpha value is -1.07. The summed E-state index contributed by atoms with van der Waals surface area (Å²) in [5.74, 6) is 0. The summed E-state index contributed by atoms with van der Waals surface area (Å²) >= 11 is 6.10. The van der Waals surface area contributed by atoms with Crippen LogP contribution in [0.3, 0.4) is 0 Å². The second-order valence-corrected chi connectivity index (χ2v) is 8.85. The number of piperazine rings is 1. The zero-order valence-corrected chi connectivity index (χ0v) is 17.5. The molecule has 1 aromatic carbocycles. The predicted molar refractivity (Wildman–Crippen MR) is 115 cm³/mol. The number of likely N-dealkylation sites (tertiary alicyclic amines) is 1. The van der Waals surface area contributed by atoms with Gasteiger partial charge in [0.2, 0.25) is 0 Å². The van der Waals surface area contributed by atoms with E-state index in [0.29, 0.717) is 0 Å². The molecule has 0 spiro atoms. The molecule has 0 amide bonds. The lowest BCUT2D eigenvalue weighted by molar-refractivity contribution is 0.108. The summed E-state index contributed by atoms with van der Waals surface area (Å²) in [7, 11) is 0. The summed E-state index contributed by atoms with van der Waals surface area (Å²) in [5, 5.41) is 2.05. The minimum atomic E-state index is 0.771. The molecule has 0 N–H and O–H groups in total. The van der Waals surface area contributed by atoms with E-state index in [0.717, 1.165) is 30.2 Å². The minimum Gasteiger partial charge on any atom is -0.346 e. The van der Waals surface area contributed by atoms with Gasteiger partial charge in [0.1, 0.15) is 0 Å². The summed E-state index contributed by atoms with van der Waals surface area (Å²) < 4.78 is 2.36. The molecule has 0 radical (unpaired) electrons. The normalized spacial score (nSPS) is 25.6. The van der Waals surface area contributed by atoms with Crippen molar-refractivity contribution in [3.8, 4) is 0 Å². The van der Waals surface area contributed by atoms with E-state index in [9.17, 15) is 0 Å². The maximum atomic E-state index is 6.10. The third-order valence-electron chi connectivity index (χ3n) is 6.66. The number of aromatic nitrogens is 1. The van der Waals surface area contributed by atoms with Crippen LogP contribution in [0.1, 0.15) is 26.7 Å². The number of nitrogens with zero attached hydrogens (tertiary/aromatic N) is 4. The fourth-order valence-electron chi connectivity index (χ4n) is 4.80. The van der Waals surface area contributed by atoms with Gasteiger partial charge < -0.3 is 4.57 Å². The van der Waals surface area contributed by atoms with Crippen LogP contribution >= 0.6 is 11.6 Å². The summed E-state index contributed by atoms with van der Waals surface area (Å²) in [6.45, 7) is 14.2. The highest BCUT2D eigenvalue weighted by Crippen LogP contribution is 2.23. The van der Waals surface area contributed by atoms with Gasteiger partial charge in [-0.1, -0.05) is 11.6 Å². The molecule has 0 unspecified atom stereocenters. The van der Waals surface area contributed by atoms with Crippen LogP contribution in [0, 0.1) is 0 Å². The molecule has 148 valence electrons. The number of rotatable bonds is 6. The van der Waals surface area contributed by atoms with E-state index in [1.54, 1.807) is 0 Å². The molecule has 2 atom stereocenters. The summed E-state index contributed by atoms with van der Waals surface area (Å²) in [6.07, 6.45) is 4.93. The van der Waals surface area contributed by atoms with Crippen LogP contribution in [0.15, 0.2) is 30.5 Å². The average Bonchev–Trinajstić information content (AvgIpc) is 3.22. The molecule has 0 aliphatic carbocycles. The van der Waals surface area contributed by atoms with Gasteiger partial charge in [-0.15, -0.1) is 0 Å². The molecular weight excluding hydrogens is 356 g/mol. The Morgan fingerprint density at radius 1 is 0.852 bits per heavy atom. The molecule has 4 nitrogen and oxygen atoms in total. The lowest BCUT2D eigenvalue weighted by Gasteiger charge is -2.36. The molecule has 2 saturated heterocycles. The van der Waals surface area contributed by atoms with Crippen LogP contribution in [-0.2, 0) is 6.54 Å². The molecule has 27 heavy (non-hydrogen) atoms. The first kappa shape index (κ1) is 19.3. The fraction of sp³-hybridized carbons (Fsp3) is 0.636. The van der Waals surface area contributed by atoms with E-state index in [1.807, 2.05) is 12.1 Å². The number of hydrogen-bond acceptors (Lipinski definition) is 3. The first-order valence-corrected chi connectivity index (χ1v) is 10.9. The molecule has 3 heterocycles. The molecule has 2 aliphatic heterocycles. The molecular formula is C22H33ClN4. The molecule has 0 saturated carbocycles. The topological polar surface area (TPSA) is 14.7 Å². The lowest BCUT2D eigenvalue weighted by atomic mass is 10.2. The Morgan fingerprint density at radius 3 is 2.15 bits per heavy atom. The van der Waals surface area contributed by atoms with E-state index in [1.165, 1.54) is 63.0 Å². The molecule has 2 fully saturated rings. The van der Waals surface area contributed by atoms with Crippen molar-refractivity contribution in [1.29, 1.82) is 0 Å². The summed E-state index contributed by atoms with van der Waals surface area (Å²) in [5.41, 5.74) is 1.28. The number of benzene rings is 1. The molecule has 1 aromatic heterocycles. The standard InChI is InChI=1S/C22H33ClN4/c1-18-3-4-19(2)27(18)16-14-25-11-9-24(10-12-25)13-15-26-8-7-20-17-21(23)5-6-22(20)26/h5-8,17-19H,3-4,9-16H2,1-2H3/t18-,19+. The van der Waals surface area contributed by atoms with E-state index in [2.05, 4.69) is 51.4 Å². The number of hydrogen-bond donors (Lipinski definition) is 0. The van der Waals surface area contributed by atoms with E-state index in [-0.39, 0.29) is 0 Å². The lowest BCUT2D eigenvalue weighted by Crippen LogP contribution is -2.49. The highest BCUT2D eigenvalue weighted by Gasteiger charge is 2.27. The third-order valence-corrected chi connectivity index (χ3v) is 6.90. The molecule has 2 aliphatic rings. The molecule has 2 aromatic rings. The van der Waals surface area contributed by atoms with Crippen molar-refractivity contribution in [2.75, 3.05) is 45.8 Å². The quantitative estimate of drug-likeness (QED) is 0.748. The summed E-state index contributed by atoms with van der Waals surface area (Å²) in [4.78, 5) is 7.97. The maximum Gasteiger partial charge on any atom is 0.0481 e. The maximum absolute atomic E-state index is 6.10. The van der Waals surface area contributed by atoms with E-state index >= 15 is 0 Å². The second-order valence-electron chi connectivity index (χ2n) is 8.41. The van der Waals surface area contributed by atoms with Crippen molar-refractivity contribution in [3.63, 3.8) is 0 Å². The Bertz CT molecular complexity index is 740. The van der Waals surface area contributed by atoms with Gasteiger partial charge in [0.25, 0.3) is 0 Å². The first-order valence-electron chi connectivity index (χ1n) is 10.5. The molecule has 0 bridgehead atoms. The van der Waals surface area contributed by atoms with Gasteiger partial charge >= 0.3 is 0 Å². The van der Waals surface area contributed by atoms with Crippen molar-refractivity contribution < 1.29 is 0 Å². The third kappa shape index (κ3) is 4.51. The number of halogens is 1. The molecule has 5 heteroatoms. The monoisotopic (exact) mass is 388 g/mol. The van der Waals surface area contributed by atoms with Gasteiger partial charge in [0, 0.05) is 86.6 Å². The first-order chi connectivity index (χ1) is 13.1. The minimum absolute atomic E-state index is 0.771. The predicted octanol–water partition coefficient (Wildman–Crippen LogP) is 3.79. The van der Waals surface area contributed by atoms with Crippen molar-refractivity contribution in [2.24, 2.45) is 0 Å². The van der Waals surface area contributed by atoms with E-state index in [4.69, 9.17) is 11.6 Å². The van der Waals surface area contributed by atoms with Crippen molar-refractivity contribution in [1.82, 2.24) is 19.3 Å². The van der Waals surface area contributed by atoms with Crippen molar-refractivity contribution >= 4 is 22.5 Å². The smallest absolute Gasteiger partial charge is 0.0481 e. The van der Waals surface area contributed by atoms with Crippen molar-refractivity contribution in [2.45, 2.75) is 45.3 Å². The fourth-order valence-corrected chi connectivity index (χ4v) is 4.98. The Morgan fingerprint density at radius 2 is 1.48 bits per heavy atom. The highest BCUT2D eigenvalue weighted by atomic mass is 35.5.